The summed E-state index contributed by atoms with van der Waals surface area (Å²) in [5.41, 5.74) is 5.82. The summed E-state index contributed by atoms with van der Waals surface area (Å²) in [4.78, 5) is 29.1. The molecule has 0 fully saturated rings. The number of amides is 1. The monoisotopic (exact) mass is 796 g/mol. The number of benzene rings is 7. The largest absolute Gasteiger partial charge is 0.508 e. The smallest absolute Gasteiger partial charge is 0.328 e. The van der Waals surface area contributed by atoms with E-state index in [4.69, 9.17) is 4.74 Å². The van der Waals surface area contributed by atoms with Crippen LogP contribution in [-0.4, -0.2) is 41.4 Å². The third-order valence-corrected chi connectivity index (χ3v) is 12.2. The molecule has 0 bridgehead atoms. The second-order valence-electron chi connectivity index (χ2n) is 14.3. The molecule has 0 heterocycles. The SMILES string of the molecule is CCOC(=O)[C@@H](Cc1ccc(O)cc1)NC(=O)[C@@H](CSC(c1ccccc1)(c1ccccc1)c1ccccc1)NC(c1ccccc1)(c1ccccc1)c1ccccc1. The Balaban J connectivity index is 1.40. The number of rotatable bonds is 17. The second-order valence-corrected chi connectivity index (χ2v) is 15.6. The molecular formula is C52H48N2O4S. The number of carbonyl (C=O) groups is 2. The van der Waals surface area contributed by atoms with Crippen molar-refractivity contribution in [2.24, 2.45) is 0 Å². The molecule has 1 amide bonds. The molecule has 2 atom stereocenters. The zero-order chi connectivity index (χ0) is 40.9. The predicted molar refractivity (Wildman–Crippen MR) is 238 cm³/mol. The fourth-order valence-electron chi connectivity index (χ4n) is 7.81. The molecule has 0 aliphatic heterocycles. The summed E-state index contributed by atoms with van der Waals surface area (Å²) in [6.07, 6.45) is 0.175. The molecule has 59 heavy (non-hydrogen) atoms. The summed E-state index contributed by atoms with van der Waals surface area (Å²) < 4.78 is 4.82. The van der Waals surface area contributed by atoms with Crippen LogP contribution in [0.2, 0.25) is 0 Å². The molecule has 0 aromatic heterocycles. The molecule has 7 heteroatoms. The van der Waals surface area contributed by atoms with Gasteiger partial charge in [-0.2, -0.15) is 0 Å². The minimum absolute atomic E-state index is 0.115. The molecule has 7 aromatic rings. The first-order valence-corrected chi connectivity index (χ1v) is 20.9. The molecule has 0 aliphatic carbocycles. The molecule has 0 saturated heterocycles. The van der Waals surface area contributed by atoms with Crippen molar-refractivity contribution in [1.29, 1.82) is 0 Å². The van der Waals surface area contributed by atoms with Crippen LogP contribution >= 0.6 is 11.8 Å². The Morgan fingerprint density at radius 3 is 1.29 bits per heavy atom. The molecule has 0 unspecified atom stereocenters. The topological polar surface area (TPSA) is 87.7 Å². The number of phenolic OH excluding ortho intramolecular Hbond substituents is 1. The summed E-state index contributed by atoms with van der Waals surface area (Å²) in [6, 6.07) is 66.6. The van der Waals surface area contributed by atoms with E-state index in [0.29, 0.717) is 0 Å². The molecule has 0 radical (unpaired) electrons. The van der Waals surface area contributed by atoms with E-state index in [-0.39, 0.29) is 30.4 Å². The zero-order valence-corrected chi connectivity index (χ0v) is 33.8. The quantitative estimate of drug-likeness (QED) is 0.0629. The molecule has 0 spiro atoms. The van der Waals surface area contributed by atoms with Crippen LogP contribution in [0.4, 0.5) is 0 Å². The van der Waals surface area contributed by atoms with Gasteiger partial charge in [0.25, 0.3) is 0 Å². The number of thioether (sulfide) groups is 1. The minimum Gasteiger partial charge on any atom is -0.508 e. The molecule has 7 aromatic carbocycles. The Labute approximate surface area is 351 Å². The van der Waals surface area contributed by atoms with Crippen LogP contribution in [0, 0.1) is 0 Å². The molecule has 0 aliphatic rings. The standard InChI is InChI=1S/C52H48N2O4S/c1-2-58-50(57)47(37-39-33-35-46(55)36-34-39)53-49(56)48(54-51(40-21-9-3-10-22-40,41-23-11-4-12-24-41)42-25-13-5-14-26-42)38-59-52(43-27-15-6-16-28-43,44-29-17-7-18-30-44)45-31-19-8-20-32-45/h3-36,47-48,54-55H,2,37-38H2,1H3,(H,53,56)/t47-,48-/m1/s1. The van der Waals surface area contributed by atoms with Gasteiger partial charge in [-0.05, 0) is 58.0 Å². The van der Waals surface area contributed by atoms with Gasteiger partial charge in [0.05, 0.1) is 22.9 Å². The normalized spacial score (nSPS) is 12.6. The van der Waals surface area contributed by atoms with E-state index < -0.39 is 28.3 Å². The highest BCUT2D eigenvalue weighted by atomic mass is 32.2. The first-order chi connectivity index (χ1) is 28.9. The van der Waals surface area contributed by atoms with E-state index in [1.54, 1.807) is 43.0 Å². The zero-order valence-electron chi connectivity index (χ0n) is 33.0. The lowest BCUT2D eigenvalue weighted by Crippen LogP contribution is -2.58. The third kappa shape index (κ3) is 9.18. The Hall–Kier alpha value is -6.41. The molecular weight excluding hydrogens is 749 g/mol. The summed E-state index contributed by atoms with van der Waals surface area (Å²) >= 11 is 1.68. The van der Waals surface area contributed by atoms with Crippen LogP contribution in [0.3, 0.4) is 0 Å². The summed E-state index contributed by atoms with van der Waals surface area (Å²) in [6.45, 7) is 1.91. The highest BCUT2D eigenvalue weighted by molar-refractivity contribution is 8.00. The van der Waals surface area contributed by atoms with Crippen molar-refractivity contribution in [3.05, 3.63) is 245 Å². The molecule has 3 N–H and O–H groups in total. The van der Waals surface area contributed by atoms with E-state index in [0.717, 1.165) is 38.9 Å². The maximum Gasteiger partial charge on any atom is 0.328 e. The van der Waals surface area contributed by atoms with Crippen molar-refractivity contribution in [3.63, 3.8) is 0 Å². The molecule has 6 nitrogen and oxygen atoms in total. The second kappa shape index (κ2) is 19.4. The van der Waals surface area contributed by atoms with Gasteiger partial charge in [0.15, 0.2) is 0 Å². The van der Waals surface area contributed by atoms with E-state index >= 15 is 4.79 Å². The van der Waals surface area contributed by atoms with Crippen LogP contribution in [0.25, 0.3) is 0 Å². The Kier molecular flexibility index (Phi) is 13.4. The highest BCUT2D eigenvalue weighted by Crippen LogP contribution is 2.49. The Bertz CT molecular complexity index is 2170. The van der Waals surface area contributed by atoms with Crippen molar-refractivity contribution in [1.82, 2.24) is 10.6 Å². The maximum atomic E-state index is 15.4. The van der Waals surface area contributed by atoms with Crippen molar-refractivity contribution in [2.45, 2.75) is 35.7 Å². The van der Waals surface area contributed by atoms with Crippen molar-refractivity contribution in [2.75, 3.05) is 12.4 Å². The van der Waals surface area contributed by atoms with Crippen molar-refractivity contribution >= 4 is 23.6 Å². The van der Waals surface area contributed by atoms with Crippen LogP contribution in [-0.2, 0) is 31.0 Å². The Morgan fingerprint density at radius 2 is 0.915 bits per heavy atom. The lowest BCUT2D eigenvalue weighted by molar-refractivity contribution is -0.147. The number of phenols is 1. The summed E-state index contributed by atoms with van der Waals surface area (Å²) in [5, 5.41) is 17.1. The fourth-order valence-corrected chi connectivity index (χ4v) is 9.37. The van der Waals surface area contributed by atoms with Crippen LogP contribution < -0.4 is 10.6 Å². The van der Waals surface area contributed by atoms with Gasteiger partial charge in [0.1, 0.15) is 11.8 Å². The van der Waals surface area contributed by atoms with Gasteiger partial charge in [-0.15, -0.1) is 11.8 Å². The van der Waals surface area contributed by atoms with Crippen molar-refractivity contribution < 1.29 is 19.4 Å². The first kappa shape index (κ1) is 40.8. The van der Waals surface area contributed by atoms with Gasteiger partial charge in [-0.25, -0.2) is 4.79 Å². The Morgan fingerprint density at radius 1 is 0.542 bits per heavy atom. The average molecular weight is 797 g/mol. The van der Waals surface area contributed by atoms with Crippen molar-refractivity contribution in [3.8, 4) is 5.75 Å². The van der Waals surface area contributed by atoms with Gasteiger partial charge in [0, 0.05) is 12.2 Å². The summed E-state index contributed by atoms with van der Waals surface area (Å²) in [7, 11) is 0. The maximum absolute atomic E-state index is 15.4. The highest BCUT2D eigenvalue weighted by Gasteiger charge is 2.43. The van der Waals surface area contributed by atoms with Crippen LogP contribution in [0.5, 0.6) is 5.75 Å². The average Bonchev–Trinajstić information content (AvgIpc) is 3.30. The lowest BCUT2D eigenvalue weighted by Gasteiger charge is -2.41. The number of hydrogen-bond donors (Lipinski definition) is 3. The van der Waals surface area contributed by atoms with Crippen LogP contribution in [0.15, 0.2) is 206 Å². The predicted octanol–water partition coefficient (Wildman–Crippen LogP) is 9.66. The summed E-state index contributed by atoms with van der Waals surface area (Å²) in [5.74, 6) is -0.491. The third-order valence-electron chi connectivity index (χ3n) is 10.6. The fraction of sp³-hybridized carbons (Fsp3) is 0.154. The molecule has 0 saturated carbocycles. The molecule has 7 rings (SSSR count). The van der Waals surface area contributed by atoms with Gasteiger partial charge < -0.3 is 15.2 Å². The minimum atomic E-state index is -1.00. The number of hydrogen-bond acceptors (Lipinski definition) is 6. The van der Waals surface area contributed by atoms with E-state index in [1.165, 1.54) is 0 Å². The van der Waals surface area contributed by atoms with Gasteiger partial charge in [-0.1, -0.05) is 194 Å². The molecule has 296 valence electrons. The lowest BCUT2D eigenvalue weighted by atomic mass is 9.76. The van der Waals surface area contributed by atoms with Gasteiger partial charge in [-0.3, -0.25) is 10.1 Å². The first-order valence-electron chi connectivity index (χ1n) is 19.9. The van der Waals surface area contributed by atoms with E-state index in [2.05, 4.69) is 120 Å². The van der Waals surface area contributed by atoms with Crippen LogP contribution in [0.1, 0.15) is 45.9 Å². The van der Waals surface area contributed by atoms with Gasteiger partial charge >= 0.3 is 5.97 Å². The van der Waals surface area contributed by atoms with Gasteiger partial charge in [0.2, 0.25) is 5.91 Å². The number of nitrogens with one attached hydrogen (secondary N) is 2. The number of ether oxygens (including phenoxy) is 1. The number of aromatic hydroxyl groups is 1. The van der Waals surface area contributed by atoms with E-state index in [1.807, 2.05) is 72.8 Å². The van der Waals surface area contributed by atoms with E-state index in [9.17, 15) is 9.90 Å². The number of carbonyl (C=O) groups excluding carboxylic acids is 2. The number of esters is 1.